The first-order valence-corrected chi connectivity index (χ1v) is 6.57. The number of unbranched alkanes of at least 4 members (excludes halogenated alkanes) is 3. The van der Waals surface area contributed by atoms with Crippen LogP contribution in [0.3, 0.4) is 0 Å². The third-order valence-electron chi connectivity index (χ3n) is 3.39. The zero-order chi connectivity index (χ0) is 12.3. The van der Waals surface area contributed by atoms with Gasteiger partial charge < -0.3 is 10.2 Å². The maximum atomic E-state index is 11.6. The van der Waals surface area contributed by atoms with Gasteiger partial charge >= 0.3 is 0 Å². The maximum Gasteiger partial charge on any atom is 0.253 e. The lowest BCUT2D eigenvalue weighted by Crippen LogP contribution is -2.41. The van der Waals surface area contributed by atoms with E-state index in [1.54, 1.807) is 0 Å². The Labute approximate surface area is 101 Å². The molecule has 17 heavy (non-hydrogen) atoms. The highest BCUT2D eigenvalue weighted by Gasteiger charge is 2.27. The van der Waals surface area contributed by atoms with Gasteiger partial charge in [-0.1, -0.05) is 26.2 Å². The van der Waals surface area contributed by atoms with Gasteiger partial charge in [-0.2, -0.15) is 0 Å². The van der Waals surface area contributed by atoms with Crippen molar-refractivity contribution in [3.8, 4) is 0 Å². The molecule has 94 valence electrons. The van der Waals surface area contributed by atoms with E-state index in [9.17, 15) is 9.59 Å². The average Bonchev–Trinajstić information content (AvgIpc) is 2.54. The second-order valence-corrected chi connectivity index (χ2v) is 4.71. The van der Waals surface area contributed by atoms with E-state index in [0.717, 1.165) is 32.5 Å². The minimum atomic E-state index is -0.333. The van der Waals surface area contributed by atoms with Gasteiger partial charge in [0.1, 0.15) is 11.4 Å². The number of nitrogens with one attached hydrogen (secondary N) is 1. The highest BCUT2D eigenvalue weighted by Crippen LogP contribution is 2.23. The maximum absolute atomic E-state index is 11.6. The van der Waals surface area contributed by atoms with Gasteiger partial charge in [0, 0.05) is 19.6 Å². The molecule has 0 unspecified atom stereocenters. The minimum absolute atomic E-state index is 0.301. The molecule has 0 amide bonds. The Morgan fingerprint density at radius 2 is 2.00 bits per heavy atom. The molecule has 0 aliphatic carbocycles. The Hall–Kier alpha value is -1.32. The molecule has 0 atom stereocenters. The molecule has 1 aliphatic rings. The second-order valence-electron chi connectivity index (χ2n) is 4.71. The van der Waals surface area contributed by atoms with Crippen molar-refractivity contribution in [1.29, 1.82) is 0 Å². The van der Waals surface area contributed by atoms with Crippen LogP contribution < -0.4 is 21.1 Å². The molecule has 1 aromatic rings. The fourth-order valence-electron chi connectivity index (χ4n) is 2.39. The molecule has 0 bridgehead atoms. The largest absolute Gasteiger partial charge is 0.380 e. The third-order valence-corrected chi connectivity index (χ3v) is 3.39. The standard InChI is InChI=1S/C13H20N2O2/c1-2-3-4-5-8-15-9-6-7-14-10-11(15)13(17)12(10)16/h14H,2-9H2,1H3. The number of rotatable bonds is 5. The van der Waals surface area contributed by atoms with Crippen LogP contribution in [-0.2, 0) is 0 Å². The lowest BCUT2D eigenvalue weighted by atomic mass is 10.1. The SMILES string of the molecule is CCCCCCN1CCCNc2c1c(=O)c2=O. The minimum Gasteiger partial charge on any atom is -0.380 e. The molecule has 0 radical (unpaired) electrons. The van der Waals surface area contributed by atoms with Crippen LogP contribution in [0.5, 0.6) is 0 Å². The van der Waals surface area contributed by atoms with E-state index in [0.29, 0.717) is 11.4 Å². The summed E-state index contributed by atoms with van der Waals surface area (Å²) in [5, 5.41) is 3.06. The van der Waals surface area contributed by atoms with Crippen LogP contribution in [0.25, 0.3) is 0 Å². The van der Waals surface area contributed by atoms with E-state index in [1.165, 1.54) is 19.3 Å². The lowest BCUT2D eigenvalue weighted by Gasteiger charge is -2.24. The van der Waals surface area contributed by atoms with Crippen molar-refractivity contribution in [3.05, 3.63) is 20.4 Å². The van der Waals surface area contributed by atoms with Gasteiger partial charge in [-0.15, -0.1) is 0 Å². The number of anilines is 2. The van der Waals surface area contributed by atoms with Crippen LogP contribution in [0, 0.1) is 0 Å². The van der Waals surface area contributed by atoms with Crippen molar-refractivity contribution in [2.45, 2.75) is 39.0 Å². The van der Waals surface area contributed by atoms with Gasteiger partial charge in [0.15, 0.2) is 0 Å². The van der Waals surface area contributed by atoms with Crippen LogP contribution in [-0.4, -0.2) is 19.6 Å². The molecule has 0 aromatic heterocycles. The monoisotopic (exact) mass is 236 g/mol. The molecule has 1 N–H and O–H groups in total. The second kappa shape index (κ2) is 5.34. The highest BCUT2D eigenvalue weighted by atomic mass is 16.2. The Kier molecular flexibility index (Phi) is 3.82. The molecular weight excluding hydrogens is 216 g/mol. The highest BCUT2D eigenvalue weighted by molar-refractivity contribution is 5.75. The summed E-state index contributed by atoms with van der Waals surface area (Å²) < 4.78 is 0. The topological polar surface area (TPSA) is 49.4 Å². The van der Waals surface area contributed by atoms with E-state index in [4.69, 9.17) is 0 Å². The summed E-state index contributed by atoms with van der Waals surface area (Å²) in [6.07, 6.45) is 5.75. The fourth-order valence-corrected chi connectivity index (χ4v) is 2.39. The molecule has 4 heteroatoms. The zero-order valence-electron chi connectivity index (χ0n) is 10.4. The zero-order valence-corrected chi connectivity index (χ0v) is 10.4. The quantitative estimate of drug-likeness (QED) is 0.621. The smallest absolute Gasteiger partial charge is 0.253 e. The number of nitrogens with zero attached hydrogens (tertiary/aromatic N) is 1. The van der Waals surface area contributed by atoms with Crippen LogP contribution in [0.15, 0.2) is 9.59 Å². The van der Waals surface area contributed by atoms with Crippen molar-refractivity contribution in [1.82, 2.24) is 0 Å². The predicted molar refractivity (Wildman–Crippen MR) is 70.8 cm³/mol. The van der Waals surface area contributed by atoms with Crippen molar-refractivity contribution in [2.75, 3.05) is 29.9 Å². The Morgan fingerprint density at radius 3 is 2.76 bits per heavy atom. The summed E-state index contributed by atoms with van der Waals surface area (Å²) in [7, 11) is 0. The van der Waals surface area contributed by atoms with Crippen LogP contribution in [0.1, 0.15) is 39.0 Å². The molecule has 2 rings (SSSR count). The lowest BCUT2D eigenvalue weighted by molar-refractivity contribution is 0.639. The Balaban J connectivity index is 2.00. The van der Waals surface area contributed by atoms with E-state index >= 15 is 0 Å². The summed E-state index contributed by atoms with van der Waals surface area (Å²) in [4.78, 5) is 25.0. The molecule has 1 aromatic carbocycles. The number of hydrogen-bond acceptors (Lipinski definition) is 4. The fraction of sp³-hybridized carbons (Fsp3) is 0.692. The molecule has 1 heterocycles. The van der Waals surface area contributed by atoms with Crippen LogP contribution >= 0.6 is 0 Å². The van der Waals surface area contributed by atoms with E-state index in [2.05, 4.69) is 17.1 Å². The molecule has 0 spiro atoms. The van der Waals surface area contributed by atoms with Crippen LogP contribution in [0.4, 0.5) is 11.4 Å². The summed E-state index contributed by atoms with van der Waals surface area (Å²) in [6.45, 7) is 4.77. The molecule has 0 fully saturated rings. The van der Waals surface area contributed by atoms with E-state index < -0.39 is 0 Å². The first-order valence-electron chi connectivity index (χ1n) is 6.57. The predicted octanol–water partition coefficient (Wildman–Crippen LogP) is 1.48. The molecule has 4 nitrogen and oxygen atoms in total. The first-order chi connectivity index (χ1) is 8.25. The normalized spacial score (nSPS) is 15.5. The molecule has 0 saturated carbocycles. The van der Waals surface area contributed by atoms with E-state index in [1.807, 2.05) is 0 Å². The van der Waals surface area contributed by atoms with Gasteiger partial charge in [0.2, 0.25) is 0 Å². The van der Waals surface area contributed by atoms with Crippen molar-refractivity contribution in [3.63, 3.8) is 0 Å². The Morgan fingerprint density at radius 1 is 1.18 bits per heavy atom. The molecule has 1 aliphatic heterocycles. The average molecular weight is 236 g/mol. The first kappa shape index (κ1) is 12.1. The summed E-state index contributed by atoms with van der Waals surface area (Å²) in [5.74, 6) is 0. The van der Waals surface area contributed by atoms with E-state index in [-0.39, 0.29) is 10.9 Å². The van der Waals surface area contributed by atoms with Gasteiger partial charge in [0.25, 0.3) is 10.9 Å². The molecular formula is C13H20N2O2. The Bertz CT molecular complexity index is 446. The summed E-state index contributed by atoms with van der Waals surface area (Å²) >= 11 is 0. The van der Waals surface area contributed by atoms with Crippen molar-refractivity contribution < 1.29 is 0 Å². The van der Waals surface area contributed by atoms with Gasteiger partial charge in [0.05, 0.1) is 0 Å². The van der Waals surface area contributed by atoms with Crippen LogP contribution in [0.2, 0.25) is 0 Å². The van der Waals surface area contributed by atoms with Gasteiger partial charge in [-0.3, -0.25) is 9.59 Å². The van der Waals surface area contributed by atoms with Crippen molar-refractivity contribution in [2.24, 2.45) is 0 Å². The van der Waals surface area contributed by atoms with Crippen molar-refractivity contribution >= 4 is 11.4 Å². The number of hydrogen-bond donors (Lipinski definition) is 1. The summed E-state index contributed by atoms with van der Waals surface area (Å²) in [6, 6.07) is 0. The molecule has 0 saturated heterocycles. The summed E-state index contributed by atoms with van der Waals surface area (Å²) in [5.41, 5.74) is 0.567. The number of fused-ring (bicyclic) bond motifs is 1. The van der Waals surface area contributed by atoms with Gasteiger partial charge in [-0.25, -0.2) is 0 Å². The van der Waals surface area contributed by atoms with Gasteiger partial charge in [-0.05, 0) is 12.8 Å². The third kappa shape index (κ3) is 2.35.